The number of benzene rings is 2. The van der Waals surface area contributed by atoms with Crippen molar-refractivity contribution in [1.29, 1.82) is 0 Å². The molecule has 37 heavy (non-hydrogen) atoms. The molecule has 2 aromatic carbocycles. The van der Waals surface area contributed by atoms with E-state index in [9.17, 15) is 14.2 Å². The van der Waals surface area contributed by atoms with E-state index in [2.05, 4.69) is 5.10 Å². The first kappa shape index (κ1) is 29.3. The van der Waals surface area contributed by atoms with Gasteiger partial charge in [-0.25, -0.2) is 4.68 Å². The minimum Gasteiger partial charge on any atom is -0.507 e. The highest BCUT2D eigenvalue weighted by molar-refractivity contribution is 7.72. The maximum Gasteiger partial charge on any atom is 0.346 e. The van der Waals surface area contributed by atoms with Gasteiger partial charge < -0.3 is 23.2 Å². The topological polar surface area (TPSA) is 109 Å². The molecule has 202 valence electrons. The number of phenolic OH excluding ortho intramolecular Hbond substituents is 1. The highest BCUT2D eigenvalue weighted by Crippen LogP contribution is 2.71. The Morgan fingerprint density at radius 1 is 0.838 bits per heavy atom. The zero-order valence-corrected chi connectivity index (χ0v) is 23.8. The molecule has 0 spiro atoms. The molecule has 9 nitrogen and oxygen atoms in total. The molecule has 0 unspecified atom stereocenters. The standard InChI is InChI=1S/C26H36N2O7P2/c1-6-32-36(30,33-7-2)25(37(31,34-8-3)35-9-4)18-21-19-27-28(23-16-12-10-14-20(23)5)26(21)22-15-11-13-17-24(22)29/h10-17,19,25,29H,6-9,18H2,1-5H3. The van der Waals surface area contributed by atoms with E-state index in [0.29, 0.717) is 16.8 Å². The van der Waals surface area contributed by atoms with Gasteiger partial charge >= 0.3 is 15.2 Å². The van der Waals surface area contributed by atoms with Crippen LogP contribution in [0, 0.1) is 6.92 Å². The van der Waals surface area contributed by atoms with Crippen molar-refractivity contribution in [2.75, 3.05) is 26.4 Å². The summed E-state index contributed by atoms with van der Waals surface area (Å²) in [7, 11) is -7.97. The van der Waals surface area contributed by atoms with Crippen LogP contribution in [0.3, 0.4) is 0 Å². The smallest absolute Gasteiger partial charge is 0.346 e. The van der Waals surface area contributed by atoms with Gasteiger partial charge in [0.15, 0.2) is 5.40 Å². The van der Waals surface area contributed by atoms with Crippen molar-refractivity contribution in [3.8, 4) is 22.7 Å². The van der Waals surface area contributed by atoms with Crippen molar-refractivity contribution in [3.63, 3.8) is 0 Å². The first-order valence-electron chi connectivity index (χ1n) is 12.4. The molecular weight excluding hydrogens is 514 g/mol. The number of hydrogen-bond acceptors (Lipinski definition) is 8. The first-order valence-corrected chi connectivity index (χ1v) is 15.7. The van der Waals surface area contributed by atoms with Crippen LogP contribution in [0.25, 0.3) is 16.9 Å². The van der Waals surface area contributed by atoms with Gasteiger partial charge in [-0.05, 0) is 58.4 Å². The molecule has 11 heteroatoms. The van der Waals surface area contributed by atoms with Crippen molar-refractivity contribution in [1.82, 2.24) is 9.78 Å². The lowest BCUT2D eigenvalue weighted by atomic mass is 10.0. The Morgan fingerprint density at radius 3 is 1.86 bits per heavy atom. The number of para-hydroxylation sites is 2. The Morgan fingerprint density at radius 2 is 1.35 bits per heavy atom. The Hall–Kier alpha value is -2.25. The van der Waals surface area contributed by atoms with Gasteiger partial charge in [0, 0.05) is 17.5 Å². The van der Waals surface area contributed by atoms with E-state index in [1.54, 1.807) is 56.8 Å². The van der Waals surface area contributed by atoms with Crippen molar-refractivity contribution >= 4 is 15.2 Å². The van der Waals surface area contributed by atoms with Crippen molar-refractivity contribution < 1.29 is 32.3 Å². The SMILES string of the molecule is CCOP(=O)(OCC)C(Cc1cnn(-c2ccccc2C)c1-c1ccccc1O)P(=O)(OCC)OCC. The second-order valence-electron chi connectivity index (χ2n) is 8.17. The van der Waals surface area contributed by atoms with E-state index in [-0.39, 0.29) is 38.6 Å². The van der Waals surface area contributed by atoms with Crippen molar-refractivity contribution in [2.45, 2.75) is 46.4 Å². The number of rotatable bonds is 14. The van der Waals surface area contributed by atoms with Gasteiger partial charge in [-0.15, -0.1) is 0 Å². The summed E-state index contributed by atoms with van der Waals surface area (Å²) in [6.07, 6.45) is 1.57. The third kappa shape index (κ3) is 6.43. The first-order chi connectivity index (χ1) is 17.7. The van der Waals surface area contributed by atoms with E-state index in [4.69, 9.17) is 18.1 Å². The molecule has 0 aliphatic rings. The molecular formula is C26H36N2O7P2. The highest BCUT2D eigenvalue weighted by Gasteiger charge is 2.51. The summed E-state index contributed by atoms with van der Waals surface area (Å²) in [5.74, 6) is 0.0474. The molecule has 3 aromatic rings. The minimum atomic E-state index is -3.98. The number of nitrogens with zero attached hydrogens (tertiary/aromatic N) is 2. The molecule has 1 heterocycles. The van der Waals surface area contributed by atoms with Gasteiger partial charge in [0.25, 0.3) is 0 Å². The molecule has 1 N–H and O–H groups in total. The quantitative estimate of drug-likeness (QED) is 0.215. The van der Waals surface area contributed by atoms with Crippen LogP contribution >= 0.6 is 15.2 Å². The lowest BCUT2D eigenvalue weighted by molar-refractivity contribution is 0.195. The van der Waals surface area contributed by atoms with Gasteiger partial charge in [-0.1, -0.05) is 30.3 Å². The highest BCUT2D eigenvalue weighted by atomic mass is 31.2. The molecule has 0 bridgehead atoms. The molecule has 0 saturated heterocycles. The molecule has 1 aromatic heterocycles. The van der Waals surface area contributed by atoms with Gasteiger partial charge in [0.1, 0.15) is 5.75 Å². The zero-order valence-electron chi connectivity index (χ0n) is 22.0. The summed E-state index contributed by atoms with van der Waals surface area (Å²) in [5, 5.41) is 14.2. The fourth-order valence-corrected chi connectivity index (χ4v) is 9.51. The van der Waals surface area contributed by atoms with Crippen LogP contribution in [-0.4, -0.2) is 46.7 Å². The van der Waals surface area contributed by atoms with Crippen LogP contribution in [0.15, 0.2) is 54.7 Å². The van der Waals surface area contributed by atoms with E-state index < -0.39 is 20.6 Å². The third-order valence-corrected chi connectivity index (χ3v) is 11.7. The molecule has 3 rings (SSSR count). The summed E-state index contributed by atoms with van der Waals surface area (Å²) >= 11 is 0. The molecule has 0 atom stereocenters. The van der Waals surface area contributed by atoms with Crippen LogP contribution in [0.4, 0.5) is 0 Å². The average Bonchev–Trinajstić information content (AvgIpc) is 3.27. The van der Waals surface area contributed by atoms with E-state index in [1.807, 2.05) is 37.3 Å². The molecule has 0 saturated carbocycles. The molecule has 0 aliphatic heterocycles. The maximum absolute atomic E-state index is 14.1. The summed E-state index contributed by atoms with van der Waals surface area (Å²) in [4.78, 5) is 0. The molecule has 0 amide bonds. The fourth-order valence-electron chi connectivity index (χ4n) is 4.21. The predicted octanol–water partition coefficient (Wildman–Crippen LogP) is 6.95. The summed E-state index contributed by atoms with van der Waals surface area (Å²) < 4.78 is 52.5. The van der Waals surface area contributed by atoms with Crippen LogP contribution in [0.1, 0.15) is 38.8 Å². The van der Waals surface area contributed by atoms with Crippen LogP contribution in [0.2, 0.25) is 0 Å². The van der Waals surface area contributed by atoms with Gasteiger partial charge in [0.05, 0.1) is 44.0 Å². The number of aryl methyl sites for hydroxylation is 1. The van der Waals surface area contributed by atoms with Crippen LogP contribution < -0.4 is 0 Å². The Labute approximate surface area is 218 Å². The summed E-state index contributed by atoms with van der Waals surface area (Å²) in [5.41, 5.74) is 3.43. The number of hydrogen-bond donors (Lipinski definition) is 1. The summed E-state index contributed by atoms with van der Waals surface area (Å²) in [6.45, 7) is 9.07. The van der Waals surface area contributed by atoms with E-state index in [1.165, 1.54) is 0 Å². The minimum absolute atomic E-state index is 0.0474. The lowest BCUT2D eigenvalue weighted by Crippen LogP contribution is -2.20. The van der Waals surface area contributed by atoms with Gasteiger partial charge in [0.2, 0.25) is 0 Å². The average molecular weight is 551 g/mol. The summed E-state index contributed by atoms with van der Waals surface area (Å²) in [6, 6.07) is 14.6. The second-order valence-corrected chi connectivity index (χ2v) is 13.0. The van der Waals surface area contributed by atoms with Gasteiger partial charge in [-0.2, -0.15) is 5.10 Å². The maximum atomic E-state index is 14.1. The second kappa shape index (κ2) is 13.0. The lowest BCUT2D eigenvalue weighted by Gasteiger charge is -2.31. The molecule has 0 radical (unpaired) electrons. The largest absolute Gasteiger partial charge is 0.507 e. The molecule has 0 fully saturated rings. The Kier molecular flexibility index (Phi) is 10.3. The Bertz CT molecular complexity index is 1230. The monoisotopic (exact) mass is 550 g/mol. The Balaban J connectivity index is 2.27. The van der Waals surface area contributed by atoms with Crippen molar-refractivity contribution in [3.05, 3.63) is 65.9 Å². The normalized spacial score (nSPS) is 12.4. The number of phenols is 1. The third-order valence-electron chi connectivity index (χ3n) is 5.72. The molecule has 0 aliphatic carbocycles. The van der Waals surface area contributed by atoms with Crippen LogP contribution in [0.5, 0.6) is 5.75 Å². The number of aromatic hydroxyl groups is 1. The fraction of sp³-hybridized carbons (Fsp3) is 0.423. The number of aromatic nitrogens is 2. The van der Waals surface area contributed by atoms with E-state index in [0.717, 1.165) is 11.3 Å². The zero-order chi connectivity index (χ0) is 27.1. The van der Waals surface area contributed by atoms with Gasteiger partial charge in [-0.3, -0.25) is 9.13 Å². The predicted molar refractivity (Wildman–Crippen MR) is 145 cm³/mol. The van der Waals surface area contributed by atoms with Crippen molar-refractivity contribution in [2.24, 2.45) is 0 Å². The van der Waals surface area contributed by atoms with E-state index >= 15 is 0 Å². The van der Waals surface area contributed by atoms with Crippen LogP contribution in [-0.2, 0) is 33.6 Å².